The van der Waals surface area contributed by atoms with E-state index in [2.05, 4.69) is 4.98 Å². The number of hydrogen-bond acceptors (Lipinski definition) is 8. The van der Waals surface area contributed by atoms with Crippen LogP contribution in [0.1, 0.15) is 35.5 Å². The lowest BCUT2D eigenvalue weighted by Crippen LogP contribution is -2.19. The zero-order valence-electron chi connectivity index (χ0n) is 16.8. The molecule has 0 N–H and O–H groups in total. The van der Waals surface area contributed by atoms with Gasteiger partial charge in [0.05, 0.1) is 24.8 Å². The number of nitrogens with zero attached hydrogens (tertiary/aromatic N) is 2. The van der Waals surface area contributed by atoms with Crippen molar-refractivity contribution in [2.45, 2.75) is 26.2 Å². The topological polar surface area (TPSA) is 98.5 Å². The second kappa shape index (κ2) is 11.3. The molecule has 7 nitrogen and oxygen atoms in total. The van der Waals surface area contributed by atoms with E-state index in [9.17, 15) is 14.9 Å². The first-order valence-corrected chi connectivity index (χ1v) is 10.3. The summed E-state index contributed by atoms with van der Waals surface area (Å²) in [6.07, 6.45) is 3.47. The molecule has 1 heterocycles. The number of Topliss-reactive ketones (excluding diaryl/α,β-unsaturated/α-hetero) is 1. The van der Waals surface area contributed by atoms with Crippen molar-refractivity contribution >= 4 is 40.8 Å². The van der Waals surface area contributed by atoms with Gasteiger partial charge < -0.3 is 14.2 Å². The van der Waals surface area contributed by atoms with Crippen LogP contribution in [0, 0.1) is 18.3 Å². The largest absolute Gasteiger partial charge is 0.493 e. The van der Waals surface area contributed by atoms with Gasteiger partial charge in [0.15, 0.2) is 29.8 Å². The molecule has 0 radical (unpaired) electrons. The summed E-state index contributed by atoms with van der Waals surface area (Å²) in [5.74, 6) is -1.44. The highest BCUT2D eigenvalue weighted by Crippen LogP contribution is 2.36. The van der Waals surface area contributed by atoms with Gasteiger partial charge in [-0.05, 0) is 37.1 Å². The number of benzene rings is 1. The number of hydrogen-bond donors (Lipinski definition) is 0. The highest BCUT2D eigenvalue weighted by Gasteiger charge is 2.24. The van der Waals surface area contributed by atoms with E-state index in [0.29, 0.717) is 33.7 Å². The van der Waals surface area contributed by atoms with E-state index in [-0.39, 0.29) is 0 Å². The van der Waals surface area contributed by atoms with E-state index in [1.54, 1.807) is 24.4 Å². The Bertz CT molecular complexity index is 980. The maximum absolute atomic E-state index is 12.2. The van der Waals surface area contributed by atoms with E-state index in [0.717, 1.165) is 12.1 Å². The van der Waals surface area contributed by atoms with Crippen LogP contribution in [0.25, 0.3) is 6.08 Å². The van der Waals surface area contributed by atoms with Gasteiger partial charge in [-0.2, -0.15) is 5.26 Å². The molecule has 0 aliphatic carbocycles. The zero-order chi connectivity index (χ0) is 22.1. The first kappa shape index (κ1) is 23.4. The number of rotatable bonds is 10. The third-order valence-electron chi connectivity index (χ3n) is 3.81. The Kier molecular flexibility index (Phi) is 8.84. The van der Waals surface area contributed by atoms with Crippen LogP contribution in [0.4, 0.5) is 0 Å². The molecule has 1 atom stereocenters. The Morgan fingerprint density at radius 3 is 2.77 bits per heavy atom. The number of nitriles is 1. The molecule has 158 valence electrons. The lowest BCUT2D eigenvalue weighted by atomic mass is 10.1. The summed E-state index contributed by atoms with van der Waals surface area (Å²) in [4.78, 5) is 28.3. The molecule has 0 bridgehead atoms. The summed E-state index contributed by atoms with van der Waals surface area (Å²) in [6, 6.07) is 5.19. The van der Waals surface area contributed by atoms with E-state index in [1.807, 2.05) is 13.0 Å². The van der Waals surface area contributed by atoms with Gasteiger partial charge in [-0.3, -0.25) is 4.79 Å². The Morgan fingerprint density at radius 1 is 1.40 bits per heavy atom. The fraction of sp³-hybridized carbons (Fsp3) is 0.333. The van der Waals surface area contributed by atoms with Gasteiger partial charge in [-0.25, -0.2) is 9.78 Å². The number of methoxy groups -OCH3 is 1. The Labute approximate surface area is 183 Å². The minimum atomic E-state index is -1.06. The van der Waals surface area contributed by atoms with Crippen LogP contribution in [0.2, 0.25) is 5.02 Å². The molecule has 0 amide bonds. The number of aryl methyl sites for hydroxylation is 1. The summed E-state index contributed by atoms with van der Waals surface area (Å²) in [6.45, 7) is 3.72. The first-order valence-electron chi connectivity index (χ1n) is 9.09. The highest BCUT2D eigenvalue weighted by molar-refractivity contribution is 7.09. The summed E-state index contributed by atoms with van der Waals surface area (Å²) >= 11 is 7.46. The van der Waals surface area contributed by atoms with E-state index < -0.39 is 24.3 Å². The SMILES string of the molecule is CCCOc1c(Cl)cc(/C=C/C(=O)OCC(=O)[C@@H](C#N)c2nc(C)cs2)cc1OC. The number of halogens is 1. The quantitative estimate of drug-likeness (QED) is 0.394. The van der Waals surface area contributed by atoms with E-state index in [1.165, 1.54) is 30.6 Å². The van der Waals surface area contributed by atoms with Gasteiger partial charge in [-0.15, -0.1) is 11.3 Å². The van der Waals surface area contributed by atoms with Crippen molar-refractivity contribution in [2.24, 2.45) is 0 Å². The predicted molar refractivity (Wildman–Crippen MR) is 114 cm³/mol. The highest BCUT2D eigenvalue weighted by atomic mass is 35.5. The molecule has 9 heteroatoms. The summed E-state index contributed by atoms with van der Waals surface area (Å²) in [7, 11) is 1.49. The third kappa shape index (κ3) is 6.31. The maximum Gasteiger partial charge on any atom is 0.331 e. The molecule has 0 saturated carbocycles. The maximum atomic E-state index is 12.2. The van der Waals surface area contributed by atoms with Crippen LogP contribution >= 0.6 is 22.9 Å². The van der Waals surface area contributed by atoms with Gasteiger partial charge in [0, 0.05) is 17.2 Å². The molecule has 0 unspecified atom stereocenters. The third-order valence-corrected chi connectivity index (χ3v) is 5.11. The number of ketones is 1. The Hall–Kier alpha value is -2.89. The van der Waals surface area contributed by atoms with Gasteiger partial charge in [-0.1, -0.05) is 18.5 Å². The fourth-order valence-electron chi connectivity index (χ4n) is 2.39. The molecule has 0 aliphatic heterocycles. The van der Waals surface area contributed by atoms with Crippen molar-refractivity contribution in [3.8, 4) is 17.6 Å². The van der Waals surface area contributed by atoms with Crippen LogP contribution in [0.5, 0.6) is 11.5 Å². The molecule has 1 aromatic heterocycles. The van der Waals surface area contributed by atoms with E-state index >= 15 is 0 Å². The molecular formula is C21H21ClN2O5S. The molecule has 2 rings (SSSR count). The minimum absolute atomic E-state index is 0.349. The second-order valence-electron chi connectivity index (χ2n) is 6.18. The number of ether oxygens (including phenoxy) is 3. The lowest BCUT2D eigenvalue weighted by Gasteiger charge is -2.12. The molecule has 0 spiro atoms. The number of carbonyl (C=O) groups excluding carboxylic acids is 2. The van der Waals surface area contributed by atoms with Crippen molar-refractivity contribution in [2.75, 3.05) is 20.3 Å². The van der Waals surface area contributed by atoms with Gasteiger partial charge >= 0.3 is 5.97 Å². The first-order chi connectivity index (χ1) is 14.4. The smallest absolute Gasteiger partial charge is 0.331 e. The van der Waals surface area contributed by atoms with Crippen molar-refractivity contribution < 1.29 is 23.8 Å². The van der Waals surface area contributed by atoms with Gasteiger partial charge in [0.25, 0.3) is 0 Å². The van der Waals surface area contributed by atoms with Gasteiger partial charge in [0.1, 0.15) is 5.01 Å². The van der Waals surface area contributed by atoms with Crippen LogP contribution in [-0.2, 0) is 14.3 Å². The molecule has 1 aromatic carbocycles. The monoisotopic (exact) mass is 448 g/mol. The molecule has 2 aromatic rings. The summed E-state index contributed by atoms with van der Waals surface area (Å²) in [5.41, 5.74) is 1.32. The molecule has 0 saturated heterocycles. The van der Waals surface area contributed by atoms with Crippen LogP contribution in [0.3, 0.4) is 0 Å². The summed E-state index contributed by atoms with van der Waals surface area (Å²) < 4.78 is 15.8. The Balaban J connectivity index is 1.99. The lowest BCUT2D eigenvalue weighted by molar-refractivity contribution is -0.143. The minimum Gasteiger partial charge on any atom is -0.493 e. The van der Waals surface area contributed by atoms with Crippen LogP contribution in [-0.4, -0.2) is 37.1 Å². The predicted octanol–water partition coefficient (Wildman–Crippen LogP) is 4.34. The van der Waals surface area contributed by atoms with Crippen molar-refractivity contribution in [3.05, 3.63) is 44.9 Å². The summed E-state index contributed by atoms with van der Waals surface area (Å²) in [5, 5.41) is 11.7. The number of esters is 1. The number of carbonyl (C=O) groups is 2. The van der Waals surface area contributed by atoms with Crippen molar-refractivity contribution in [1.82, 2.24) is 4.98 Å². The molecular weight excluding hydrogens is 428 g/mol. The fourth-order valence-corrected chi connectivity index (χ4v) is 3.52. The normalized spacial score (nSPS) is 11.7. The average Bonchev–Trinajstić information content (AvgIpc) is 3.15. The number of aromatic nitrogens is 1. The standard InChI is InChI=1S/C21H21ClN2O5S/c1-4-7-28-20-16(22)8-14(9-18(20)27-3)5-6-19(26)29-11-17(25)15(10-23)21-24-13(2)12-30-21/h5-6,8-9,12,15H,4,7,11H2,1-3H3/b6-5+/t15-/m1/s1. The Morgan fingerprint density at radius 2 is 2.17 bits per heavy atom. The second-order valence-corrected chi connectivity index (χ2v) is 7.48. The number of thiazole rings is 1. The average molecular weight is 449 g/mol. The zero-order valence-corrected chi connectivity index (χ0v) is 18.4. The molecule has 0 aliphatic rings. The van der Waals surface area contributed by atoms with Crippen LogP contribution in [0.15, 0.2) is 23.6 Å². The van der Waals surface area contributed by atoms with Crippen LogP contribution < -0.4 is 9.47 Å². The van der Waals surface area contributed by atoms with Gasteiger partial charge in [0.2, 0.25) is 0 Å². The van der Waals surface area contributed by atoms with Crippen molar-refractivity contribution in [3.63, 3.8) is 0 Å². The molecule has 30 heavy (non-hydrogen) atoms. The molecule has 0 fully saturated rings. The van der Waals surface area contributed by atoms with E-state index in [4.69, 9.17) is 25.8 Å². The van der Waals surface area contributed by atoms with Crippen molar-refractivity contribution in [1.29, 1.82) is 5.26 Å².